The molecular weight excluding hydrogens is 158 g/mol. The van der Waals surface area contributed by atoms with Crippen molar-refractivity contribution < 1.29 is 4.79 Å². The second-order valence-corrected chi connectivity index (χ2v) is 2.74. The zero-order valence-corrected chi connectivity index (χ0v) is 6.44. The predicted molar refractivity (Wildman–Crippen MR) is 47.0 cm³/mol. The van der Waals surface area contributed by atoms with Crippen LogP contribution in [0.3, 0.4) is 0 Å². The van der Waals surface area contributed by atoms with Crippen molar-refractivity contribution in [1.29, 1.82) is 0 Å². The predicted octanol–water partition coefficient (Wildman–Crippen LogP) is 1.62. The fraction of sp³-hybridized carbons (Fsp3) is 0. The van der Waals surface area contributed by atoms with E-state index in [0.717, 1.165) is 5.69 Å². The number of thiocarbonyl (C=S) groups is 1. The van der Waals surface area contributed by atoms with Crippen LogP contribution in [-0.2, 0) is 0 Å². The first-order valence-electron chi connectivity index (χ1n) is 3.24. The summed E-state index contributed by atoms with van der Waals surface area (Å²) < 4.78 is 0. The molecule has 1 heterocycles. The number of para-hydroxylation sites is 1. The van der Waals surface area contributed by atoms with Gasteiger partial charge in [-0.15, -0.1) is 0 Å². The molecule has 0 fully saturated rings. The number of anilines is 1. The molecule has 54 valence electrons. The van der Waals surface area contributed by atoms with E-state index in [1.807, 2.05) is 18.2 Å². The standard InChI is InChI=1S/C8H5NOS/c10-7-5-3-1-2-4-6(5)9-8(7)11/h1-4H,(H,9,10,11). The SMILES string of the molecule is O=C1C(=S)Nc2ccccc21. The minimum absolute atomic E-state index is 0.0735. The van der Waals surface area contributed by atoms with Crippen LogP contribution in [0.15, 0.2) is 24.3 Å². The molecule has 3 heteroatoms. The fourth-order valence-corrected chi connectivity index (χ4v) is 1.31. The van der Waals surface area contributed by atoms with Gasteiger partial charge in [0.1, 0.15) is 0 Å². The highest BCUT2D eigenvalue weighted by atomic mass is 32.1. The molecule has 2 nitrogen and oxygen atoms in total. The normalized spacial score (nSPS) is 14.5. The Kier molecular flexibility index (Phi) is 1.26. The molecule has 1 N–H and O–H groups in total. The average Bonchev–Trinajstić information content (AvgIpc) is 2.30. The van der Waals surface area contributed by atoms with Crippen LogP contribution >= 0.6 is 12.2 Å². The van der Waals surface area contributed by atoms with Crippen molar-refractivity contribution in [3.05, 3.63) is 29.8 Å². The van der Waals surface area contributed by atoms with E-state index >= 15 is 0 Å². The molecule has 1 aliphatic rings. The van der Waals surface area contributed by atoms with Crippen molar-refractivity contribution >= 4 is 28.7 Å². The van der Waals surface area contributed by atoms with Gasteiger partial charge in [0, 0.05) is 5.56 Å². The van der Waals surface area contributed by atoms with Gasteiger partial charge in [-0.3, -0.25) is 4.79 Å². The molecule has 0 radical (unpaired) electrons. The largest absolute Gasteiger partial charge is 0.343 e. The maximum atomic E-state index is 11.2. The summed E-state index contributed by atoms with van der Waals surface area (Å²) in [5, 5.41) is 2.83. The molecule has 2 rings (SSSR count). The highest BCUT2D eigenvalue weighted by molar-refractivity contribution is 7.82. The molecule has 0 amide bonds. The van der Waals surface area contributed by atoms with E-state index in [0.29, 0.717) is 10.6 Å². The van der Waals surface area contributed by atoms with Crippen molar-refractivity contribution in [1.82, 2.24) is 0 Å². The lowest BCUT2D eigenvalue weighted by Gasteiger charge is -1.92. The topological polar surface area (TPSA) is 29.1 Å². The number of carbonyl (C=O) groups excluding carboxylic acids is 1. The van der Waals surface area contributed by atoms with Crippen molar-refractivity contribution in [3.8, 4) is 0 Å². The summed E-state index contributed by atoms with van der Waals surface area (Å²) in [5.74, 6) is -0.0735. The third kappa shape index (κ3) is 0.851. The lowest BCUT2D eigenvalue weighted by atomic mass is 10.1. The highest BCUT2D eigenvalue weighted by Gasteiger charge is 2.22. The summed E-state index contributed by atoms with van der Waals surface area (Å²) in [6.07, 6.45) is 0. The molecule has 0 unspecified atom stereocenters. The third-order valence-electron chi connectivity index (χ3n) is 1.63. The lowest BCUT2D eigenvalue weighted by Crippen LogP contribution is -2.09. The van der Waals surface area contributed by atoms with Crippen LogP contribution in [-0.4, -0.2) is 10.8 Å². The molecule has 0 saturated heterocycles. The Morgan fingerprint density at radius 3 is 2.73 bits per heavy atom. The average molecular weight is 163 g/mol. The molecule has 1 aromatic rings. The zero-order valence-electron chi connectivity index (χ0n) is 5.63. The third-order valence-corrected chi connectivity index (χ3v) is 1.91. The smallest absolute Gasteiger partial charge is 0.222 e. The summed E-state index contributed by atoms with van der Waals surface area (Å²) in [5.41, 5.74) is 1.50. The Hall–Kier alpha value is -1.22. The van der Waals surface area contributed by atoms with Crippen molar-refractivity contribution in [2.24, 2.45) is 0 Å². The fourth-order valence-electron chi connectivity index (χ4n) is 1.09. The molecular formula is C8H5NOS. The van der Waals surface area contributed by atoms with Gasteiger partial charge >= 0.3 is 0 Å². The Morgan fingerprint density at radius 1 is 1.27 bits per heavy atom. The Labute approximate surface area is 69.2 Å². The van der Waals surface area contributed by atoms with Crippen LogP contribution in [0, 0.1) is 0 Å². The number of hydrogen-bond acceptors (Lipinski definition) is 2. The zero-order chi connectivity index (χ0) is 7.84. The molecule has 0 spiro atoms. The second kappa shape index (κ2) is 2.13. The van der Waals surface area contributed by atoms with Gasteiger partial charge in [-0.2, -0.15) is 0 Å². The van der Waals surface area contributed by atoms with Gasteiger partial charge in [0.05, 0.1) is 5.69 Å². The van der Waals surface area contributed by atoms with Gasteiger partial charge in [-0.1, -0.05) is 24.4 Å². The molecule has 0 aromatic heterocycles. The Bertz CT molecular complexity index is 346. The number of Topliss-reactive ketones (excluding diaryl/α,β-unsaturated/α-hetero) is 1. The van der Waals surface area contributed by atoms with Crippen molar-refractivity contribution in [2.45, 2.75) is 0 Å². The van der Waals surface area contributed by atoms with Crippen LogP contribution in [0.25, 0.3) is 0 Å². The summed E-state index contributed by atoms with van der Waals surface area (Å²) >= 11 is 4.79. The number of ketones is 1. The van der Waals surface area contributed by atoms with Crippen molar-refractivity contribution in [2.75, 3.05) is 5.32 Å². The van der Waals surface area contributed by atoms with E-state index in [4.69, 9.17) is 12.2 Å². The minimum Gasteiger partial charge on any atom is -0.343 e. The maximum Gasteiger partial charge on any atom is 0.222 e. The number of fused-ring (bicyclic) bond motifs is 1. The molecule has 1 aliphatic heterocycles. The molecule has 0 bridgehead atoms. The van der Waals surface area contributed by atoms with E-state index in [9.17, 15) is 4.79 Å². The second-order valence-electron chi connectivity index (χ2n) is 2.33. The van der Waals surface area contributed by atoms with Crippen LogP contribution < -0.4 is 5.32 Å². The minimum atomic E-state index is -0.0735. The van der Waals surface area contributed by atoms with E-state index < -0.39 is 0 Å². The summed E-state index contributed by atoms with van der Waals surface area (Å²) in [6, 6.07) is 7.30. The van der Waals surface area contributed by atoms with Crippen LogP contribution in [0.4, 0.5) is 5.69 Å². The number of nitrogens with one attached hydrogen (secondary N) is 1. The van der Waals surface area contributed by atoms with Crippen molar-refractivity contribution in [3.63, 3.8) is 0 Å². The van der Waals surface area contributed by atoms with Gasteiger partial charge in [0.15, 0.2) is 4.99 Å². The van der Waals surface area contributed by atoms with E-state index in [-0.39, 0.29) is 5.78 Å². The number of hydrogen-bond donors (Lipinski definition) is 1. The van der Waals surface area contributed by atoms with Gasteiger partial charge < -0.3 is 5.32 Å². The number of carbonyl (C=O) groups is 1. The maximum absolute atomic E-state index is 11.2. The number of benzene rings is 1. The molecule has 1 aromatic carbocycles. The van der Waals surface area contributed by atoms with Crippen LogP contribution in [0.2, 0.25) is 0 Å². The van der Waals surface area contributed by atoms with Gasteiger partial charge in [0.2, 0.25) is 5.78 Å². The summed E-state index contributed by atoms with van der Waals surface area (Å²) in [6.45, 7) is 0. The van der Waals surface area contributed by atoms with E-state index in [1.165, 1.54) is 0 Å². The van der Waals surface area contributed by atoms with Gasteiger partial charge in [0.25, 0.3) is 0 Å². The van der Waals surface area contributed by atoms with E-state index in [1.54, 1.807) is 6.07 Å². The quantitative estimate of drug-likeness (QED) is 0.589. The van der Waals surface area contributed by atoms with Gasteiger partial charge in [-0.25, -0.2) is 0 Å². The molecule has 0 atom stereocenters. The number of rotatable bonds is 0. The Morgan fingerprint density at radius 2 is 2.00 bits per heavy atom. The molecule has 0 saturated carbocycles. The monoisotopic (exact) mass is 163 g/mol. The van der Waals surface area contributed by atoms with E-state index in [2.05, 4.69) is 5.32 Å². The first-order valence-corrected chi connectivity index (χ1v) is 3.64. The molecule has 11 heavy (non-hydrogen) atoms. The first kappa shape index (κ1) is 6.49. The van der Waals surface area contributed by atoms with Crippen LogP contribution in [0.5, 0.6) is 0 Å². The lowest BCUT2D eigenvalue weighted by molar-refractivity contribution is 0.107. The van der Waals surface area contributed by atoms with Crippen LogP contribution in [0.1, 0.15) is 10.4 Å². The summed E-state index contributed by atoms with van der Waals surface area (Å²) in [4.78, 5) is 11.5. The first-order chi connectivity index (χ1) is 5.29. The highest BCUT2D eigenvalue weighted by Crippen LogP contribution is 2.22. The summed E-state index contributed by atoms with van der Waals surface area (Å²) in [7, 11) is 0. The molecule has 0 aliphatic carbocycles. The van der Waals surface area contributed by atoms with Gasteiger partial charge in [-0.05, 0) is 12.1 Å². The Balaban J connectivity index is 2.64.